The fraction of sp³-hybridized carbons (Fsp3) is 0.731. The lowest BCUT2D eigenvalue weighted by atomic mass is 9.79. The number of ether oxygens (including phenoxy) is 9. The summed E-state index contributed by atoms with van der Waals surface area (Å²) in [5.74, 6) is -3.49. The minimum absolute atomic E-state index is 0.0177. The number of benzene rings is 1. The predicted octanol–water partition coefficient (Wildman–Crippen LogP) is 4.10. The van der Waals surface area contributed by atoms with Crippen LogP contribution in [0.4, 0.5) is 5.69 Å². The highest BCUT2D eigenvalue weighted by Crippen LogP contribution is 2.37. The van der Waals surface area contributed by atoms with Gasteiger partial charge in [0.25, 0.3) is 5.69 Å². The van der Waals surface area contributed by atoms with Gasteiger partial charge in [0.2, 0.25) is 0 Å². The Bertz CT molecular complexity index is 2150. The second-order valence-electron chi connectivity index (χ2n) is 19.8. The molecule has 0 saturated carbocycles. The lowest BCUT2D eigenvalue weighted by Gasteiger charge is -2.47. The van der Waals surface area contributed by atoms with Gasteiger partial charge in [-0.3, -0.25) is 29.3 Å². The zero-order chi connectivity index (χ0) is 55.1. The molecular formula is C52H80IN5O17. The van der Waals surface area contributed by atoms with Gasteiger partial charge in [0, 0.05) is 89.4 Å². The standard InChI is InChI=1S/C52H80IN5O17/c1-11-69-42(70-12-2)25-35-24-30(4)39(59)18-13-29(3)23-36(28-71-52-49(68-10)48(67-9)45(63)33(7)73-52)50(53)74-41(61)26-40(60)31(5)47(35)75-51-46(64)43(44(62)32(6)72-51)56(8)21-20-37-27-57(55-54-37)22-19-34-14-16-38(17-15-34)58(65)66/h13-18,23,27,30-33,35-36,40,42-52,60,62-64H,11-12,19-22,24-26,28H2,1-10H3/b18-13+,29-23+/t30-,31+,32?,33?,35-,36-,40-,43?,44?,45?,46?,47-,48?,49?,50+,51?,52?/m1/s1. The van der Waals surface area contributed by atoms with Gasteiger partial charge in [0.05, 0.1) is 60.2 Å². The second-order valence-corrected chi connectivity index (χ2v) is 21.1. The number of nitro groups is 1. The largest absolute Gasteiger partial charge is 0.451 e. The Morgan fingerprint density at radius 2 is 1.56 bits per heavy atom. The first-order chi connectivity index (χ1) is 35.7. The van der Waals surface area contributed by atoms with Gasteiger partial charge in [-0.15, -0.1) is 5.10 Å². The summed E-state index contributed by atoms with van der Waals surface area (Å²) in [6.07, 6.45) is -4.10. The summed E-state index contributed by atoms with van der Waals surface area (Å²) in [7, 11) is 4.69. The summed E-state index contributed by atoms with van der Waals surface area (Å²) < 4.78 is 55.4. The Hall–Kier alpha value is -3.41. The van der Waals surface area contributed by atoms with Crippen LogP contribution in [0.1, 0.15) is 79.0 Å². The van der Waals surface area contributed by atoms with Crippen molar-refractivity contribution in [1.82, 2.24) is 19.9 Å². The monoisotopic (exact) mass is 1170 g/mol. The zero-order valence-electron chi connectivity index (χ0n) is 44.8. The fourth-order valence-corrected chi connectivity index (χ4v) is 10.6. The van der Waals surface area contributed by atoms with E-state index >= 15 is 0 Å². The number of likely N-dealkylation sites (N-methyl/N-ethyl adjacent to an activating group) is 1. The highest BCUT2D eigenvalue weighted by atomic mass is 127. The Balaban J connectivity index is 1.37. The molecule has 0 amide bonds. The van der Waals surface area contributed by atoms with Gasteiger partial charge in [-0.25, -0.2) is 0 Å². The molecule has 422 valence electrons. The van der Waals surface area contributed by atoms with Crippen LogP contribution < -0.4 is 0 Å². The number of aryl methyl sites for hydroxylation is 2. The van der Waals surface area contributed by atoms with Gasteiger partial charge in [0.15, 0.2) is 28.8 Å². The third-order valence-corrected chi connectivity index (χ3v) is 15.5. The number of aliphatic hydroxyl groups excluding tert-OH is 4. The van der Waals surface area contributed by atoms with Crippen LogP contribution in [-0.2, 0) is 71.6 Å². The van der Waals surface area contributed by atoms with Crippen molar-refractivity contribution >= 4 is 40.0 Å². The topological polar surface area (TPSA) is 275 Å². The van der Waals surface area contributed by atoms with Crippen LogP contribution in [-0.4, -0.2) is 189 Å². The first-order valence-corrected chi connectivity index (χ1v) is 27.1. The Kier molecular flexibility index (Phi) is 25.0. The average molecular weight is 1170 g/mol. The molecule has 0 aliphatic carbocycles. The molecule has 2 saturated heterocycles. The summed E-state index contributed by atoms with van der Waals surface area (Å²) in [6.45, 7) is 13.9. The molecule has 17 atom stereocenters. The molecule has 0 radical (unpaired) electrons. The van der Waals surface area contributed by atoms with E-state index in [1.807, 2.05) is 60.5 Å². The molecular weight excluding hydrogens is 1090 g/mol. The van der Waals surface area contributed by atoms with Crippen molar-refractivity contribution in [3.63, 3.8) is 0 Å². The number of nitro benzene ring substituents is 1. The highest BCUT2D eigenvalue weighted by Gasteiger charge is 2.49. The van der Waals surface area contributed by atoms with Crippen LogP contribution >= 0.6 is 22.6 Å². The number of hydrogen-bond donors (Lipinski definition) is 4. The van der Waals surface area contributed by atoms with Crippen molar-refractivity contribution < 1.29 is 77.6 Å². The number of halogens is 1. The molecule has 0 bridgehead atoms. The third-order valence-electron chi connectivity index (χ3n) is 14.3. The molecule has 0 spiro atoms. The van der Waals surface area contributed by atoms with Crippen LogP contribution in [0.3, 0.4) is 0 Å². The molecule has 3 aliphatic heterocycles. The number of rotatable bonds is 21. The summed E-state index contributed by atoms with van der Waals surface area (Å²) >= 11 is 2.00. The van der Waals surface area contributed by atoms with Crippen LogP contribution in [0.2, 0.25) is 0 Å². The summed E-state index contributed by atoms with van der Waals surface area (Å²) in [5.41, 5.74) is 2.28. The van der Waals surface area contributed by atoms with Gasteiger partial charge in [-0.05, 0) is 94.7 Å². The van der Waals surface area contributed by atoms with Gasteiger partial charge in [-0.2, -0.15) is 0 Å². The Labute approximate surface area is 453 Å². The zero-order valence-corrected chi connectivity index (χ0v) is 46.9. The van der Waals surface area contributed by atoms with Crippen LogP contribution in [0.25, 0.3) is 0 Å². The van der Waals surface area contributed by atoms with Crippen LogP contribution in [0.15, 0.2) is 54.3 Å². The number of ketones is 1. The average Bonchev–Trinajstić information content (AvgIpc) is 3.84. The van der Waals surface area contributed by atoms with E-state index in [9.17, 15) is 40.1 Å². The maximum absolute atomic E-state index is 14.1. The summed E-state index contributed by atoms with van der Waals surface area (Å²) in [6, 6.07) is 5.46. The molecule has 4 heterocycles. The molecule has 3 aliphatic rings. The van der Waals surface area contributed by atoms with Crippen molar-refractivity contribution in [3.8, 4) is 0 Å². The number of aliphatic hydroxyl groups is 4. The molecule has 10 unspecified atom stereocenters. The number of carbonyl (C=O) groups is 2. The highest BCUT2D eigenvalue weighted by molar-refractivity contribution is 14.1. The minimum atomic E-state index is -1.43. The lowest BCUT2D eigenvalue weighted by Crippen LogP contribution is -2.64. The first-order valence-electron chi connectivity index (χ1n) is 25.8. The summed E-state index contributed by atoms with van der Waals surface area (Å²) in [5, 5.41) is 66.1. The molecule has 1 aromatic carbocycles. The quantitative estimate of drug-likeness (QED) is 0.0342. The normalized spacial score (nSPS) is 34.8. The predicted molar refractivity (Wildman–Crippen MR) is 280 cm³/mol. The van der Waals surface area contributed by atoms with Gasteiger partial charge in [0.1, 0.15) is 24.4 Å². The lowest BCUT2D eigenvalue weighted by molar-refractivity contribution is -0.384. The first kappa shape index (κ1) is 62.4. The minimum Gasteiger partial charge on any atom is -0.451 e. The van der Waals surface area contributed by atoms with Crippen molar-refractivity contribution in [2.24, 2.45) is 23.7 Å². The van der Waals surface area contributed by atoms with E-state index in [1.165, 1.54) is 32.4 Å². The molecule has 22 nitrogen and oxygen atoms in total. The Morgan fingerprint density at radius 1 is 0.907 bits per heavy atom. The SMILES string of the molecule is CCOC(C[C@H]1C[C@@H](C)C(=O)/C=C/C(C)=C/[C@H](COC2OC(C)C(O)C(OC)C2OC)[C@@H](I)OC(=O)C[C@@H](O)[C@H](C)[C@H]1OC1OC(C)C(O)C(N(C)CCc2cn(CCc3ccc([N+](=O)[O-])cc3)nn2)C1O)OCC. The number of allylic oxidation sites excluding steroid dienone is 3. The fourth-order valence-electron chi connectivity index (χ4n) is 9.89. The van der Waals surface area contributed by atoms with E-state index in [4.69, 9.17) is 42.6 Å². The van der Waals surface area contributed by atoms with E-state index in [-0.39, 0.29) is 30.9 Å². The molecule has 4 N–H and O–H groups in total. The van der Waals surface area contributed by atoms with Gasteiger partial charge < -0.3 is 63.1 Å². The number of non-ortho nitro benzene ring substituents is 1. The number of hydrogen-bond acceptors (Lipinski definition) is 20. The van der Waals surface area contributed by atoms with Crippen LogP contribution in [0.5, 0.6) is 0 Å². The molecule has 2 aromatic rings. The molecule has 75 heavy (non-hydrogen) atoms. The number of nitrogens with zero attached hydrogens (tertiary/aromatic N) is 5. The summed E-state index contributed by atoms with van der Waals surface area (Å²) in [4.78, 5) is 40.4. The van der Waals surface area contributed by atoms with Crippen molar-refractivity contribution in [1.29, 1.82) is 0 Å². The molecule has 2 fully saturated rings. The van der Waals surface area contributed by atoms with E-state index in [1.54, 1.807) is 57.6 Å². The van der Waals surface area contributed by atoms with Crippen molar-refractivity contribution in [2.45, 2.75) is 171 Å². The number of carbonyl (C=O) groups excluding carboxylic acids is 2. The van der Waals surface area contributed by atoms with E-state index in [0.717, 1.165) is 5.56 Å². The van der Waals surface area contributed by atoms with Crippen LogP contribution in [0, 0.1) is 33.8 Å². The molecule has 1 aromatic heterocycles. The van der Waals surface area contributed by atoms with Gasteiger partial charge in [-0.1, -0.05) is 48.9 Å². The number of aromatic nitrogens is 3. The number of alkyl halides is 1. The maximum atomic E-state index is 14.1. The number of esters is 1. The maximum Gasteiger partial charge on any atom is 0.309 e. The Morgan fingerprint density at radius 3 is 2.20 bits per heavy atom. The third kappa shape index (κ3) is 17.5. The van der Waals surface area contributed by atoms with E-state index in [2.05, 4.69) is 10.3 Å². The molecule has 23 heteroatoms. The van der Waals surface area contributed by atoms with Gasteiger partial charge >= 0.3 is 5.97 Å². The second kappa shape index (κ2) is 30.1. The molecule has 5 rings (SSSR count). The number of cyclic esters (lactones) is 1. The van der Waals surface area contributed by atoms with Crippen molar-refractivity contribution in [3.05, 3.63) is 75.6 Å². The van der Waals surface area contributed by atoms with Crippen molar-refractivity contribution in [2.75, 3.05) is 47.6 Å². The van der Waals surface area contributed by atoms with E-state index < -0.39 is 125 Å². The van der Waals surface area contributed by atoms with E-state index in [0.29, 0.717) is 50.4 Å². The smallest absolute Gasteiger partial charge is 0.309 e. The number of methoxy groups -OCH3 is 2.